The van der Waals surface area contributed by atoms with Gasteiger partial charge < -0.3 is 20.5 Å². The smallest absolute Gasteiger partial charge is 0.221 e. The van der Waals surface area contributed by atoms with E-state index in [4.69, 9.17) is 15.2 Å². The zero-order valence-electron chi connectivity index (χ0n) is 10.3. The average molecular weight is 238 g/mol. The Balaban J connectivity index is 2.92. The van der Waals surface area contributed by atoms with Crippen LogP contribution in [0.1, 0.15) is 18.0 Å². The zero-order valence-corrected chi connectivity index (χ0v) is 10.3. The molecule has 0 aromatic heterocycles. The first-order valence-electron chi connectivity index (χ1n) is 5.30. The average Bonchev–Trinajstić information content (AvgIpc) is 2.37. The van der Waals surface area contributed by atoms with Crippen molar-refractivity contribution in [2.75, 3.05) is 21.3 Å². The molecule has 0 saturated carbocycles. The summed E-state index contributed by atoms with van der Waals surface area (Å²) in [6.07, 6.45) is 0.221. The van der Waals surface area contributed by atoms with E-state index in [0.29, 0.717) is 11.5 Å². The summed E-state index contributed by atoms with van der Waals surface area (Å²) in [4.78, 5) is 11.3. The molecule has 0 fully saturated rings. The molecule has 1 unspecified atom stereocenters. The van der Waals surface area contributed by atoms with E-state index in [9.17, 15) is 4.79 Å². The topological polar surface area (TPSA) is 73.6 Å². The van der Waals surface area contributed by atoms with Crippen molar-refractivity contribution < 1.29 is 14.3 Å². The predicted molar refractivity (Wildman–Crippen MR) is 65.2 cm³/mol. The number of carbonyl (C=O) groups is 1. The van der Waals surface area contributed by atoms with Crippen LogP contribution in [0.25, 0.3) is 0 Å². The van der Waals surface area contributed by atoms with Crippen LogP contribution in [0.5, 0.6) is 11.5 Å². The third kappa shape index (κ3) is 3.35. The number of hydrogen-bond donors (Lipinski definition) is 2. The molecular weight excluding hydrogens is 220 g/mol. The van der Waals surface area contributed by atoms with Crippen molar-refractivity contribution in [2.45, 2.75) is 12.5 Å². The maximum atomic E-state index is 11.3. The van der Waals surface area contributed by atoms with Gasteiger partial charge in [0.05, 0.1) is 14.2 Å². The van der Waals surface area contributed by atoms with Gasteiger partial charge >= 0.3 is 0 Å². The standard InChI is InChI=1S/C12H18N2O3/c1-14-12(15)7-10(13)9-5-4-8(16-2)6-11(9)17-3/h4-6,10H,7,13H2,1-3H3,(H,14,15). The highest BCUT2D eigenvalue weighted by molar-refractivity contribution is 5.76. The van der Waals surface area contributed by atoms with Crippen LogP contribution in [0.2, 0.25) is 0 Å². The monoisotopic (exact) mass is 238 g/mol. The Hall–Kier alpha value is -1.75. The van der Waals surface area contributed by atoms with Crippen molar-refractivity contribution in [3.63, 3.8) is 0 Å². The van der Waals surface area contributed by atoms with Crippen LogP contribution < -0.4 is 20.5 Å². The van der Waals surface area contributed by atoms with Gasteiger partial charge in [0.1, 0.15) is 11.5 Å². The van der Waals surface area contributed by atoms with Crippen LogP contribution in [-0.2, 0) is 4.79 Å². The molecule has 0 aliphatic heterocycles. The van der Waals surface area contributed by atoms with E-state index in [0.717, 1.165) is 5.56 Å². The highest BCUT2D eigenvalue weighted by Crippen LogP contribution is 2.29. The van der Waals surface area contributed by atoms with E-state index in [1.54, 1.807) is 33.4 Å². The molecule has 0 saturated heterocycles. The van der Waals surface area contributed by atoms with Gasteiger partial charge in [-0.05, 0) is 6.07 Å². The van der Waals surface area contributed by atoms with Gasteiger partial charge in [-0.1, -0.05) is 6.07 Å². The number of methoxy groups -OCH3 is 2. The highest BCUT2D eigenvalue weighted by Gasteiger charge is 2.15. The molecular formula is C12H18N2O3. The van der Waals surface area contributed by atoms with Gasteiger partial charge in [-0.25, -0.2) is 0 Å². The normalized spacial score (nSPS) is 11.8. The lowest BCUT2D eigenvalue weighted by Gasteiger charge is -2.15. The summed E-state index contributed by atoms with van der Waals surface area (Å²) < 4.78 is 10.3. The maximum Gasteiger partial charge on any atom is 0.221 e. The van der Waals surface area contributed by atoms with Crippen molar-refractivity contribution >= 4 is 5.91 Å². The fourth-order valence-electron chi connectivity index (χ4n) is 1.54. The molecule has 0 bridgehead atoms. The molecule has 5 nitrogen and oxygen atoms in total. The summed E-state index contributed by atoms with van der Waals surface area (Å²) in [5.74, 6) is 1.22. The molecule has 0 spiro atoms. The summed E-state index contributed by atoms with van der Waals surface area (Å²) in [5, 5.41) is 2.54. The second-order valence-corrected chi connectivity index (χ2v) is 3.59. The van der Waals surface area contributed by atoms with Gasteiger partial charge in [0, 0.05) is 31.1 Å². The second-order valence-electron chi connectivity index (χ2n) is 3.59. The Morgan fingerprint density at radius 1 is 1.41 bits per heavy atom. The van der Waals surface area contributed by atoms with Crippen LogP contribution in [0.15, 0.2) is 18.2 Å². The zero-order chi connectivity index (χ0) is 12.8. The number of nitrogens with one attached hydrogen (secondary N) is 1. The van der Waals surface area contributed by atoms with Crippen molar-refractivity contribution in [3.05, 3.63) is 23.8 Å². The lowest BCUT2D eigenvalue weighted by atomic mass is 10.0. The van der Waals surface area contributed by atoms with E-state index >= 15 is 0 Å². The van der Waals surface area contributed by atoms with Crippen LogP contribution in [0.3, 0.4) is 0 Å². The lowest BCUT2D eigenvalue weighted by Crippen LogP contribution is -2.24. The van der Waals surface area contributed by atoms with Gasteiger partial charge in [-0.3, -0.25) is 4.79 Å². The first kappa shape index (κ1) is 13.3. The third-order valence-electron chi connectivity index (χ3n) is 2.52. The number of nitrogens with two attached hydrogens (primary N) is 1. The first-order chi connectivity index (χ1) is 8.12. The maximum absolute atomic E-state index is 11.3. The Kier molecular flexibility index (Phi) is 4.78. The van der Waals surface area contributed by atoms with E-state index in [1.165, 1.54) is 0 Å². The quantitative estimate of drug-likeness (QED) is 0.797. The molecule has 5 heteroatoms. The van der Waals surface area contributed by atoms with Crippen molar-refractivity contribution in [1.29, 1.82) is 0 Å². The summed E-state index contributed by atoms with van der Waals surface area (Å²) in [7, 11) is 4.73. The molecule has 0 aliphatic rings. The number of benzene rings is 1. The van der Waals surface area contributed by atoms with E-state index in [1.807, 2.05) is 6.07 Å². The van der Waals surface area contributed by atoms with E-state index < -0.39 is 6.04 Å². The summed E-state index contributed by atoms with van der Waals surface area (Å²) in [6.45, 7) is 0. The number of ether oxygens (including phenoxy) is 2. The molecule has 0 heterocycles. The van der Waals surface area contributed by atoms with Crippen LogP contribution >= 0.6 is 0 Å². The number of amides is 1. The Bertz CT molecular complexity index is 393. The fourth-order valence-corrected chi connectivity index (χ4v) is 1.54. The molecule has 1 atom stereocenters. The van der Waals surface area contributed by atoms with Gasteiger partial charge in [-0.2, -0.15) is 0 Å². The number of carbonyl (C=O) groups excluding carboxylic acids is 1. The second kappa shape index (κ2) is 6.10. The Labute approximate surface area is 101 Å². The van der Waals surface area contributed by atoms with Gasteiger partial charge in [-0.15, -0.1) is 0 Å². The largest absolute Gasteiger partial charge is 0.497 e. The van der Waals surface area contributed by atoms with Crippen LogP contribution in [-0.4, -0.2) is 27.2 Å². The van der Waals surface area contributed by atoms with Crippen LogP contribution in [0, 0.1) is 0 Å². The van der Waals surface area contributed by atoms with Crippen molar-refractivity contribution in [3.8, 4) is 11.5 Å². The molecule has 1 amide bonds. The summed E-state index contributed by atoms with van der Waals surface area (Å²) in [5.41, 5.74) is 6.75. The summed E-state index contributed by atoms with van der Waals surface area (Å²) >= 11 is 0. The van der Waals surface area contributed by atoms with Gasteiger partial charge in [0.2, 0.25) is 5.91 Å². The number of hydrogen-bond acceptors (Lipinski definition) is 4. The van der Waals surface area contributed by atoms with E-state index in [-0.39, 0.29) is 12.3 Å². The summed E-state index contributed by atoms with van der Waals surface area (Å²) in [6, 6.07) is 4.96. The fraction of sp³-hybridized carbons (Fsp3) is 0.417. The van der Waals surface area contributed by atoms with E-state index in [2.05, 4.69) is 5.32 Å². The predicted octanol–water partition coefficient (Wildman–Crippen LogP) is 0.840. The lowest BCUT2D eigenvalue weighted by molar-refractivity contribution is -0.120. The molecule has 3 N–H and O–H groups in total. The molecule has 1 aromatic rings. The molecule has 94 valence electrons. The molecule has 1 rings (SSSR count). The van der Waals surface area contributed by atoms with Gasteiger partial charge in [0.25, 0.3) is 0 Å². The Morgan fingerprint density at radius 2 is 2.12 bits per heavy atom. The minimum Gasteiger partial charge on any atom is -0.497 e. The Morgan fingerprint density at radius 3 is 2.65 bits per heavy atom. The molecule has 0 aliphatic carbocycles. The van der Waals surface area contributed by atoms with Gasteiger partial charge in [0.15, 0.2) is 0 Å². The SMILES string of the molecule is CNC(=O)CC(N)c1ccc(OC)cc1OC. The first-order valence-corrected chi connectivity index (χ1v) is 5.30. The van der Waals surface area contributed by atoms with Crippen molar-refractivity contribution in [1.82, 2.24) is 5.32 Å². The molecule has 17 heavy (non-hydrogen) atoms. The van der Waals surface area contributed by atoms with Crippen molar-refractivity contribution in [2.24, 2.45) is 5.73 Å². The minimum absolute atomic E-state index is 0.102. The third-order valence-corrected chi connectivity index (χ3v) is 2.52. The molecule has 1 aromatic carbocycles. The highest BCUT2D eigenvalue weighted by atomic mass is 16.5. The van der Waals surface area contributed by atoms with Crippen LogP contribution in [0.4, 0.5) is 0 Å². The number of rotatable bonds is 5. The molecule has 0 radical (unpaired) electrons. The minimum atomic E-state index is -0.393.